The Labute approximate surface area is 210 Å². The third-order valence-corrected chi connectivity index (χ3v) is 6.71. The topological polar surface area (TPSA) is 62.7 Å². The lowest BCUT2D eigenvalue weighted by molar-refractivity contribution is 0.0182. The van der Waals surface area contributed by atoms with Gasteiger partial charge in [-0.1, -0.05) is 44.2 Å². The molecule has 0 aliphatic carbocycles. The summed E-state index contributed by atoms with van der Waals surface area (Å²) >= 11 is 1.59. The number of benzene rings is 1. The Hall–Kier alpha value is -2.41. The molecule has 34 heavy (non-hydrogen) atoms. The van der Waals surface area contributed by atoms with Gasteiger partial charge < -0.3 is 14.5 Å². The minimum absolute atomic E-state index is 0. The van der Waals surface area contributed by atoms with Crippen LogP contribution in [0.4, 0.5) is 9.93 Å². The van der Waals surface area contributed by atoms with Gasteiger partial charge in [0.2, 0.25) is 0 Å². The summed E-state index contributed by atoms with van der Waals surface area (Å²) in [5.74, 6) is 0.569. The van der Waals surface area contributed by atoms with Gasteiger partial charge >= 0.3 is 6.09 Å². The van der Waals surface area contributed by atoms with E-state index in [1.165, 1.54) is 5.56 Å². The molecule has 0 radical (unpaired) electrons. The number of carbonyl (C=O) groups is 2. The minimum Gasteiger partial charge on any atom is -0.444 e. The number of anilines is 1. The summed E-state index contributed by atoms with van der Waals surface area (Å²) in [6, 6.07) is 10.4. The molecule has 1 amide bonds. The van der Waals surface area contributed by atoms with Gasteiger partial charge in [-0.2, -0.15) is 0 Å². The smallest absolute Gasteiger partial charge is 0.410 e. The predicted octanol–water partition coefficient (Wildman–Crippen LogP) is 6.97. The van der Waals surface area contributed by atoms with E-state index in [2.05, 4.69) is 22.0 Å². The van der Waals surface area contributed by atoms with Crippen molar-refractivity contribution < 1.29 is 15.8 Å². The fraction of sp³-hybridized carbons (Fsp3) is 0.593. The van der Waals surface area contributed by atoms with Gasteiger partial charge in [0, 0.05) is 39.4 Å². The molecule has 1 fully saturated rings. The van der Waals surface area contributed by atoms with Crippen molar-refractivity contribution in [3.8, 4) is 0 Å². The predicted molar refractivity (Wildman–Crippen MR) is 143 cm³/mol. The second-order valence-electron chi connectivity index (χ2n) is 9.56. The summed E-state index contributed by atoms with van der Waals surface area (Å²) < 4.78 is 5.51. The largest absolute Gasteiger partial charge is 0.444 e. The molecule has 6 nitrogen and oxygen atoms in total. The molecule has 1 saturated heterocycles. The Morgan fingerprint density at radius 2 is 1.79 bits per heavy atom. The van der Waals surface area contributed by atoms with E-state index >= 15 is 0 Å². The summed E-state index contributed by atoms with van der Waals surface area (Å²) in [6.07, 6.45) is 2.78. The van der Waals surface area contributed by atoms with Crippen LogP contribution in [0.3, 0.4) is 0 Å². The average Bonchev–Trinajstić information content (AvgIpc) is 3.19. The van der Waals surface area contributed by atoms with Crippen molar-refractivity contribution in [1.82, 2.24) is 9.88 Å². The Morgan fingerprint density at radius 3 is 2.32 bits per heavy atom. The quantitative estimate of drug-likeness (QED) is 0.393. The second-order valence-corrected chi connectivity index (χ2v) is 10.7. The standard InChI is InChI=1S/C25H35N3O3S.C2H6.H2/c1-18(29)22-19(2)32-23(26-22)28(17-21-9-7-6-8-10-21)16-13-20-11-14-27(15-12-20)24(30)31-25(3,4)5;1-2;/h6-10,20H,11-17H2,1-5H3;1-2H3;1H. The molecule has 7 heteroatoms. The number of nitrogens with zero attached hydrogens (tertiary/aromatic N) is 3. The van der Waals surface area contributed by atoms with Crippen LogP contribution in [0.5, 0.6) is 0 Å². The zero-order valence-corrected chi connectivity index (χ0v) is 22.7. The van der Waals surface area contributed by atoms with E-state index < -0.39 is 5.60 Å². The summed E-state index contributed by atoms with van der Waals surface area (Å²) in [6.45, 7) is 16.4. The average molecular weight is 490 g/mol. The number of amides is 1. The molecule has 0 unspecified atom stereocenters. The summed E-state index contributed by atoms with van der Waals surface area (Å²) in [7, 11) is 0. The van der Waals surface area contributed by atoms with Crippen LogP contribution in [0.15, 0.2) is 30.3 Å². The van der Waals surface area contributed by atoms with Gasteiger partial charge in [-0.25, -0.2) is 9.78 Å². The molecular formula is C27H43N3O3S. The van der Waals surface area contributed by atoms with Crippen molar-refractivity contribution in [3.05, 3.63) is 46.5 Å². The molecule has 1 aliphatic rings. The summed E-state index contributed by atoms with van der Waals surface area (Å²) in [5, 5.41) is 0.905. The highest BCUT2D eigenvalue weighted by molar-refractivity contribution is 7.15. The Balaban J connectivity index is 0.00000199. The fourth-order valence-corrected chi connectivity index (χ4v) is 4.94. The number of rotatable bonds is 7. The number of Topliss-reactive ketones (excluding diaryl/α,β-unsaturated/α-hetero) is 1. The van der Waals surface area contributed by atoms with Crippen LogP contribution in [0, 0.1) is 12.8 Å². The number of carbonyl (C=O) groups excluding carboxylic acids is 2. The monoisotopic (exact) mass is 489 g/mol. The maximum absolute atomic E-state index is 12.3. The van der Waals surface area contributed by atoms with Crippen molar-refractivity contribution in [2.75, 3.05) is 24.5 Å². The molecule has 0 spiro atoms. The van der Waals surface area contributed by atoms with E-state index in [0.717, 1.165) is 55.5 Å². The van der Waals surface area contributed by atoms with Crippen LogP contribution in [0.1, 0.15) is 83.2 Å². The molecule has 190 valence electrons. The normalized spacial score (nSPS) is 14.3. The van der Waals surface area contributed by atoms with Gasteiger partial charge in [-0.3, -0.25) is 4.79 Å². The van der Waals surface area contributed by atoms with Crippen molar-refractivity contribution in [1.29, 1.82) is 0 Å². The van der Waals surface area contributed by atoms with Crippen LogP contribution in [0.25, 0.3) is 0 Å². The number of aryl methyl sites for hydroxylation is 1. The van der Waals surface area contributed by atoms with Crippen LogP contribution in [-0.2, 0) is 11.3 Å². The van der Waals surface area contributed by atoms with Gasteiger partial charge in [0.05, 0.1) is 0 Å². The lowest BCUT2D eigenvalue weighted by Gasteiger charge is -2.34. The molecule has 1 aromatic heterocycles. The number of aromatic nitrogens is 1. The molecule has 2 heterocycles. The van der Waals surface area contributed by atoms with Crippen molar-refractivity contribution in [2.24, 2.45) is 5.92 Å². The number of thiazole rings is 1. The van der Waals surface area contributed by atoms with Gasteiger partial charge in [0.15, 0.2) is 10.9 Å². The molecule has 2 aromatic rings. The molecule has 1 aromatic carbocycles. The maximum atomic E-state index is 12.3. The fourth-order valence-electron chi connectivity index (χ4n) is 3.96. The minimum atomic E-state index is -0.462. The van der Waals surface area contributed by atoms with Crippen molar-refractivity contribution in [2.45, 2.75) is 79.9 Å². The Bertz CT molecular complexity index is 919. The second kappa shape index (κ2) is 12.9. The highest BCUT2D eigenvalue weighted by Gasteiger charge is 2.27. The zero-order valence-electron chi connectivity index (χ0n) is 21.9. The first kappa shape index (κ1) is 27.8. The van der Waals surface area contributed by atoms with Gasteiger partial charge in [0.1, 0.15) is 11.3 Å². The van der Waals surface area contributed by atoms with Gasteiger partial charge in [0.25, 0.3) is 0 Å². The molecule has 0 saturated carbocycles. The summed E-state index contributed by atoms with van der Waals surface area (Å²) in [4.78, 5) is 34.0. The van der Waals surface area contributed by atoms with Crippen molar-refractivity contribution in [3.63, 3.8) is 0 Å². The Kier molecular flexibility index (Phi) is 10.5. The number of ether oxygens (including phenoxy) is 1. The number of hydrogen-bond donors (Lipinski definition) is 0. The highest BCUT2D eigenvalue weighted by atomic mass is 32.1. The molecule has 1 aliphatic heterocycles. The van der Waals surface area contributed by atoms with Gasteiger partial charge in [-0.15, -0.1) is 11.3 Å². The van der Waals surface area contributed by atoms with E-state index in [0.29, 0.717) is 11.6 Å². The first-order valence-corrected chi connectivity index (χ1v) is 13.2. The zero-order chi connectivity index (χ0) is 25.3. The lowest BCUT2D eigenvalue weighted by atomic mass is 9.93. The highest BCUT2D eigenvalue weighted by Crippen LogP contribution is 2.29. The SMILES string of the molecule is CC.CC(=O)c1nc(N(CCC2CCN(C(=O)OC(C)(C)C)CC2)Cc2ccccc2)sc1C.[HH]. The molecule has 3 rings (SSSR count). The third kappa shape index (κ3) is 8.42. The number of piperidine rings is 1. The van der Waals surface area contributed by atoms with Crippen LogP contribution < -0.4 is 4.90 Å². The van der Waals surface area contributed by atoms with E-state index in [9.17, 15) is 9.59 Å². The summed E-state index contributed by atoms with van der Waals surface area (Å²) in [5.41, 5.74) is 1.34. The van der Waals surface area contributed by atoms with E-state index in [1.54, 1.807) is 18.3 Å². The maximum Gasteiger partial charge on any atom is 0.410 e. The van der Waals surface area contributed by atoms with E-state index in [-0.39, 0.29) is 13.3 Å². The number of ketones is 1. The molecular weight excluding hydrogens is 446 g/mol. The number of hydrogen-bond acceptors (Lipinski definition) is 6. The first-order chi connectivity index (χ1) is 16.1. The molecule has 0 atom stereocenters. The van der Waals surface area contributed by atoms with Crippen LogP contribution >= 0.6 is 11.3 Å². The third-order valence-electron chi connectivity index (χ3n) is 5.68. The van der Waals surface area contributed by atoms with Crippen molar-refractivity contribution >= 4 is 28.3 Å². The van der Waals surface area contributed by atoms with Crippen LogP contribution in [0.2, 0.25) is 0 Å². The first-order valence-electron chi connectivity index (χ1n) is 12.4. The molecule has 0 bridgehead atoms. The van der Waals surface area contributed by atoms with E-state index in [4.69, 9.17) is 4.74 Å². The Morgan fingerprint density at radius 1 is 1.18 bits per heavy atom. The number of likely N-dealkylation sites (tertiary alicyclic amines) is 1. The van der Waals surface area contributed by atoms with E-state index in [1.807, 2.05) is 64.6 Å². The van der Waals surface area contributed by atoms with Gasteiger partial charge in [-0.05, 0) is 58.4 Å². The lowest BCUT2D eigenvalue weighted by Crippen LogP contribution is -2.42. The molecule has 0 N–H and O–H groups in total. The van der Waals surface area contributed by atoms with Crippen LogP contribution in [-0.4, -0.2) is 47.0 Å².